The first-order valence-corrected chi connectivity index (χ1v) is 8.36. The SMILES string of the molecule is CCCOc1c(N)cnc(C)c1-c1cncc(N2CCOCC2)c1. The van der Waals surface area contributed by atoms with Crippen molar-refractivity contribution in [3.8, 4) is 16.9 Å². The number of nitrogens with zero attached hydrogens (tertiary/aromatic N) is 3. The number of pyridine rings is 2. The van der Waals surface area contributed by atoms with E-state index in [9.17, 15) is 0 Å². The average molecular weight is 328 g/mol. The molecule has 6 heteroatoms. The van der Waals surface area contributed by atoms with Crippen molar-refractivity contribution in [2.45, 2.75) is 20.3 Å². The Bertz CT molecular complexity index is 699. The summed E-state index contributed by atoms with van der Waals surface area (Å²) in [6.07, 6.45) is 6.30. The van der Waals surface area contributed by atoms with Gasteiger partial charge in [-0.05, 0) is 19.4 Å². The van der Waals surface area contributed by atoms with E-state index in [0.29, 0.717) is 18.0 Å². The zero-order chi connectivity index (χ0) is 16.9. The van der Waals surface area contributed by atoms with Crippen molar-refractivity contribution >= 4 is 11.4 Å². The maximum absolute atomic E-state index is 6.11. The number of aryl methyl sites for hydroxylation is 1. The molecule has 128 valence electrons. The summed E-state index contributed by atoms with van der Waals surface area (Å²) in [6, 6.07) is 2.13. The van der Waals surface area contributed by atoms with Gasteiger partial charge in [0.2, 0.25) is 0 Å². The molecule has 2 aromatic rings. The number of rotatable bonds is 5. The minimum atomic E-state index is 0.556. The largest absolute Gasteiger partial charge is 0.491 e. The highest BCUT2D eigenvalue weighted by atomic mass is 16.5. The summed E-state index contributed by atoms with van der Waals surface area (Å²) in [5, 5.41) is 0. The number of hydrogen-bond donors (Lipinski definition) is 1. The molecule has 3 heterocycles. The van der Waals surface area contributed by atoms with Crippen molar-refractivity contribution in [2.75, 3.05) is 43.5 Å². The zero-order valence-electron chi connectivity index (χ0n) is 14.3. The summed E-state index contributed by atoms with van der Waals surface area (Å²) >= 11 is 0. The molecule has 0 aliphatic carbocycles. The lowest BCUT2D eigenvalue weighted by molar-refractivity contribution is 0.122. The second-order valence-electron chi connectivity index (χ2n) is 5.88. The van der Waals surface area contributed by atoms with Gasteiger partial charge in [0.05, 0.1) is 43.6 Å². The topological polar surface area (TPSA) is 73.5 Å². The molecule has 24 heavy (non-hydrogen) atoms. The Hall–Kier alpha value is -2.34. The monoisotopic (exact) mass is 328 g/mol. The molecule has 0 aromatic carbocycles. The van der Waals surface area contributed by atoms with Crippen LogP contribution in [0.2, 0.25) is 0 Å². The van der Waals surface area contributed by atoms with Crippen LogP contribution in [-0.4, -0.2) is 42.9 Å². The van der Waals surface area contributed by atoms with Crippen LogP contribution in [0.3, 0.4) is 0 Å². The van der Waals surface area contributed by atoms with Crippen LogP contribution >= 0.6 is 0 Å². The van der Waals surface area contributed by atoms with Crippen molar-refractivity contribution in [1.29, 1.82) is 0 Å². The van der Waals surface area contributed by atoms with Gasteiger partial charge in [-0.25, -0.2) is 0 Å². The second-order valence-corrected chi connectivity index (χ2v) is 5.88. The third kappa shape index (κ3) is 3.43. The van der Waals surface area contributed by atoms with Gasteiger partial charge in [-0.2, -0.15) is 0 Å². The lowest BCUT2D eigenvalue weighted by Gasteiger charge is -2.29. The number of nitrogen functional groups attached to an aromatic ring is 1. The van der Waals surface area contributed by atoms with E-state index in [4.69, 9.17) is 15.2 Å². The molecule has 0 saturated carbocycles. The maximum atomic E-state index is 6.11. The fourth-order valence-electron chi connectivity index (χ4n) is 2.86. The van der Waals surface area contributed by atoms with Gasteiger partial charge in [0, 0.05) is 36.1 Å². The van der Waals surface area contributed by atoms with E-state index in [1.807, 2.05) is 19.3 Å². The van der Waals surface area contributed by atoms with Gasteiger partial charge < -0.3 is 20.1 Å². The third-order valence-electron chi connectivity index (χ3n) is 4.09. The number of aromatic nitrogens is 2. The van der Waals surface area contributed by atoms with Gasteiger partial charge in [0.25, 0.3) is 0 Å². The summed E-state index contributed by atoms with van der Waals surface area (Å²) in [6.45, 7) is 7.90. The van der Waals surface area contributed by atoms with Crippen LogP contribution in [0.4, 0.5) is 11.4 Å². The Morgan fingerprint density at radius 3 is 2.79 bits per heavy atom. The standard InChI is InChI=1S/C18H24N4O2/c1-3-6-24-18-16(19)12-21-13(2)17(18)14-9-15(11-20-10-14)22-4-7-23-8-5-22/h9-12H,3-8,19H2,1-2H3. The van der Waals surface area contributed by atoms with Crippen molar-refractivity contribution in [3.05, 3.63) is 30.4 Å². The summed E-state index contributed by atoms with van der Waals surface area (Å²) in [5.41, 5.74) is 10.5. The molecule has 0 bridgehead atoms. The van der Waals surface area contributed by atoms with Gasteiger partial charge in [0.1, 0.15) is 0 Å². The number of morpholine rings is 1. The van der Waals surface area contributed by atoms with E-state index < -0.39 is 0 Å². The highest BCUT2D eigenvalue weighted by molar-refractivity contribution is 5.79. The average Bonchev–Trinajstić information content (AvgIpc) is 2.63. The molecule has 0 spiro atoms. The van der Waals surface area contributed by atoms with Crippen LogP contribution < -0.4 is 15.4 Å². The van der Waals surface area contributed by atoms with E-state index in [-0.39, 0.29) is 0 Å². The van der Waals surface area contributed by atoms with Gasteiger partial charge in [-0.15, -0.1) is 0 Å². The molecule has 6 nitrogen and oxygen atoms in total. The molecule has 1 fully saturated rings. The predicted octanol–water partition coefficient (Wildman–Crippen LogP) is 2.66. The lowest BCUT2D eigenvalue weighted by Crippen LogP contribution is -2.36. The number of ether oxygens (including phenoxy) is 2. The first-order valence-electron chi connectivity index (χ1n) is 8.36. The highest BCUT2D eigenvalue weighted by Crippen LogP contribution is 2.37. The van der Waals surface area contributed by atoms with Gasteiger partial charge in [-0.3, -0.25) is 9.97 Å². The van der Waals surface area contributed by atoms with E-state index in [2.05, 4.69) is 27.9 Å². The summed E-state index contributed by atoms with van der Waals surface area (Å²) in [7, 11) is 0. The fraction of sp³-hybridized carbons (Fsp3) is 0.444. The molecule has 0 atom stereocenters. The normalized spacial score (nSPS) is 14.7. The van der Waals surface area contributed by atoms with E-state index in [1.54, 1.807) is 6.20 Å². The third-order valence-corrected chi connectivity index (χ3v) is 4.09. The van der Waals surface area contributed by atoms with Crippen LogP contribution in [0.25, 0.3) is 11.1 Å². The molecule has 2 N–H and O–H groups in total. The molecular weight excluding hydrogens is 304 g/mol. The van der Waals surface area contributed by atoms with Crippen LogP contribution in [0.15, 0.2) is 24.7 Å². The van der Waals surface area contributed by atoms with Crippen molar-refractivity contribution in [2.24, 2.45) is 0 Å². The Morgan fingerprint density at radius 1 is 1.25 bits per heavy atom. The predicted molar refractivity (Wildman–Crippen MR) is 95.4 cm³/mol. The van der Waals surface area contributed by atoms with Crippen molar-refractivity contribution in [1.82, 2.24) is 9.97 Å². The van der Waals surface area contributed by atoms with E-state index in [0.717, 1.165) is 55.2 Å². The summed E-state index contributed by atoms with van der Waals surface area (Å²) < 4.78 is 11.3. The first-order chi connectivity index (χ1) is 11.7. The van der Waals surface area contributed by atoms with Crippen molar-refractivity contribution in [3.63, 3.8) is 0 Å². The van der Waals surface area contributed by atoms with Gasteiger partial charge in [-0.1, -0.05) is 6.92 Å². The van der Waals surface area contributed by atoms with Crippen molar-refractivity contribution < 1.29 is 9.47 Å². The smallest absolute Gasteiger partial charge is 0.153 e. The van der Waals surface area contributed by atoms with Crippen LogP contribution in [0.1, 0.15) is 19.0 Å². The van der Waals surface area contributed by atoms with Crippen LogP contribution in [-0.2, 0) is 4.74 Å². The molecule has 1 aliphatic heterocycles. The highest BCUT2D eigenvalue weighted by Gasteiger charge is 2.17. The molecule has 2 aromatic heterocycles. The molecule has 1 aliphatic rings. The molecule has 0 amide bonds. The minimum Gasteiger partial charge on any atom is -0.491 e. The molecule has 3 rings (SSSR count). The Labute approximate surface area is 142 Å². The number of nitrogens with two attached hydrogens (primary N) is 1. The first kappa shape index (κ1) is 16.5. The Balaban J connectivity index is 2.00. The number of hydrogen-bond acceptors (Lipinski definition) is 6. The minimum absolute atomic E-state index is 0.556. The quantitative estimate of drug-likeness (QED) is 0.909. The summed E-state index contributed by atoms with van der Waals surface area (Å²) in [5.74, 6) is 0.699. The van der Waals surface area contributed by atoms with Crippen LogP contribution in [0.5, 0.6) is 5.75 Å². The van der Waals surface area contributed by atoms with Crippen LogP contribution in [0, 0.1) is 6.92 Å². The second kappa shape index (κ2) is 7.49. The number of anilines is 2. The molecular formula is C18H24N4O2. The lowest BCUT2D eigenvalue weighted by atomic mass is 10.0. The fourth-order valence-corrected chi connectivity index (χ4v) is 2.86. The van der Waals surface area contributed by atoms with E-state index in [1.165, 1.54) is 0 Å². The Morgan fingerprint density at radius 2 is 2.04 bits per heavy atom. The van der Waals surface area contributed by atoms with E-state index >= 15 is 0 Å². The van der Waals surface area contributed by atoms with Gasteiger partial charge in [0.15, 0.2) is 5.75 Å². The zero-order valence-corrected chi connectivity index (χ0v) is 14.3. The molecule has 0 radical (unpaired) electrons. The summed E-state index contributed by atoms with van der Waals surface area (Å²) in [4.78, 5) is 11.1. The van der Waals surface area contributed by atoms with Gasteiger partial charge >= 0.3 is 0 Å². The maximum Gasteiger partial charge on any atom is 0.153 e. The Kier molecular flexibility index (Phi) is 5.15. The molecule has 0 unspecified atom stereocenters. The molecule has 1 saturated heterocycles.